The lowest BCUT2D eigenvalue weighted by molar-refractivity contribution is -0.0164. The van der Waals surface area contributed by atoms with Crippen molar-refractivity contribution in [2.45, 2.75) is 38.3 Å². The Labute approximate surface area is 173 Å². The van der Waals surface area contributed by atoms with E-state index in [0.29, 0.717) is 30.4 Å². The third-order valence-electron chi connectivity index (χ3n) is 5.57. The number of hydrogen-bond acceptors (Lipinski definition) is 7. The van der Waals surface area contributed by atoms with Crippen molar-refractivity contribution in [3.63, 3.8) is 0 Å². The molecule has 3 aromatic rings. The van der Waals surface area contributed by atoms with Crippen LogP contribution in [0.15, 0.2) is 35.1 Å². The third-order valence-corrected chi connectivity index (χ3v) is 5.57. The normalized spacial score (nSPS) is 19.1. The average molecular weight is 409 g/mol. The first kappa shape index (κ1) is 18.8. The molecule has 2 aliphatic heterocycles. The van der Waals surface area contributed by atoms with Crippen LogP contribution in [0.3, 0.4) is 0 Å². The second-order valence-corrected chi connectivity index (χ2v) is 7.66. The van der Waals surface area contributed by atoms with E-state index in [0.717, 1.165) is 42.6 Å². The van der Waals surface area contributed by atoms with Crippen molar-refractivity contribution in [3.8, 4) is 17.2 Å². The Morgan fingerprint density at radius 1 is 1.23 bits per heavy atom. The molecule has 0 radical (unpaired) electrons. The SMILES string of the molecule is Cn1cc(-c2nc(C3CCCCCN3C(=O)c3ccc4c(c3)COCO4)no2)cn1. The van der Waals surface area contributed by atoms with Gasteiger partial charge in [0.2, 0.25) is 0 Å². The zero-order chi connectivity index (χ0) is 20.5. The summed E-state index contributed by atoms with van der Waals surface area (Å²) in [4.78, 5) is 19.9. The fourth-order valence-corrected chi connectivity index (χ4v) is 4.03. The largest absolute Gasteiger partial charge is 0.467 e. The number of fused-ring (bicyclic) bond motifs is 1. The van der Waals surface area contributed by atoms with E-state index in [9.17, 15) is 4.79 Å². The molecule has 1 aromatic carbocycles. The Kier molecular flexibility index (Phi) is 4.96. The summed E-state index contributed by atoms with van der Waals surface area (Å²) < 4.78 is 18.0. The molecule has 1 fully saturated rings. The molecule has 4 heterocycles. The van der Waals surface area contributed by atoms with Crippen LogP contribution in [0, 0.1) is 0 Å². The van der Waals surface area contributed by atoms with Gasteiger partial charge < -0.3 is 18.9 Å². The minimum absolute atomic E-state index is 0.0389. The van der Waals surface area contributed by atoms with E-state index in [1.165, 1.54) is 0 Å². The van der Waals surface area contributed by atoms with E-state index >= 15 is 0 Å². The Hall–Kier alpha value is -3.20. The molecule has 156 valence electrons. The van der Waals surface area contributed by atoms with Gasteiger partial charge in [0, 0.05) is 30.9 Å². The van der Waals surface area contributed by atoms with Gasteiger partial charge in [0.25, 0.3) is 11.8 Å². The zero-order valence-electron chi connectivity index (χ0n) is 16.8. The fourth-order valence-electron chi connectivity index (χ4n) is 4.03. The predicted octanol–water partition coefficient (Wildman–Crippen LogP) is 3.09. The highest BCUT2D eigenvalue weighted by Crippen LogP contribution is 2.32. The number of nitrogens with zero attached hydrogens (tertiary/aromatic N) is 5. The molecule has 1 saturated heterocycles. The van der Waals surface area contributed by atoms with Crippen LogP contribution in [0.4, 0.5) is 0 Å². The number of rotatable bonds is 3. The van der Waals surface area contributed by atoms with Gasteiger partial charge in [0.1, 0.15) is 5.75 Å². The Morgan fingerprint density at radius 3 is 3.03 bits per heavy atom. The van der Waals surface area contributed by atoms with Crippen molar-refractivity contribution in [1.82, 2.24) is 24.8 Å². The van der Waals surface area contributed by atoms with Crippen molar-refractivity contribution in [1.29, 1.82) is 0 Å². The first-order valence-corrected chi connectivity index (χ1v) is 10.2. The van der Waals surface area contributed by atoms with Crippen LogP contribution in [-0.2, 0) is 18.4 Å². The lowest BCUT2D eigenvalue weighted by atomic mass is 10.1. The smallest absolute Gasteiger partial charge is 0.261 e. The number of hydrogen-bond donors (Lipinski definition) is 0. The number of amides is 1. The minimum atomic E-state index is -0.224. The molecule has 0 N–H and O–H groups in total. The van der Waals surface area contributed by atoms with Crippen LogP contribution in [0.5, 0.6) is 5.75 Å². The molecule has 30 heavy (non-hydrogen) atoms. The molecule has 2 aliphatic rings. The monoisotopic (exact) mass is 409 g/mol. The number of carbonyl (C=O) groups excluding carboxylic acids is 1. The van der Waals surface area contributed by atoms with Crippen LogP contribution < -0.4 is 4.74 Å². The summed E-state index contributed by atoms with van der Waals surface area (Å²) in [5.74, 6) is 1.68. The van der Waals surface area contributed by atoms with Crippen molar-refractivity contribution in [3.05, 3.63) is 47.5 Å². The third kappa shape index (κ3) is 3.56. The van der Waals surface area contributed by atoms with Crippen molar-refractivity contribution in [2.24, 2.45) is 7.05 Å². The van der Waals surface area contributed by atoms with Gasteiger partial charge in [-0.1, -0.05) is 18.0 Å². The fraction of sp³-hybridized carbons (Fsp3) is 0.429. The topological polar surface area (TPSA) is 95.5 Å². The molecule has 2 aromatic heterocycles. The number of aromatic nitrogens is 4. The van der Waals surface area contributed by atoms with E-state index in [1.807, 2.05) is 36.3 Å². The summed E-state index contributed by atoms with van der Waals surface area (Å²) in [5.41, 5.74) is 2.26. The average Bonchev–Trinajstić information content (AvgIpc) is 3.36. The summed E-state index contributed by atoms with van der Waals surface area (Å²) >= 11 is 0. The van der Waals surface area contributed by atoms with Gasteiger partial charge in [-0.05, 0) is 31.0 Å². The highest BCUT2D eigenvalue weighted by atomic mass is 16.7. The van der Waals surface area contributed by atoms with Crippen molar-refractivity contribution >= 4 is 5.91 Å². The summed E-state index contributed by atoms with van der Waals surface area (Å²) in [6.45, 7) is 1.34. The van der Waals surface area contributed by atoms with Crippen LogP contribution in [-0.4, -0.2) is 44.1 Å². The summed E-state index contributed by atoms with van der Waals surface area (Å²) in [6, 6.07) is 5.28. The summed E-state index contributed by atoms with van der Waals surface area (Å²) in [7, 11) is 1.83. The van der Waals surface area contributed by atoms with Crippen LogP contribution in [0.2, 0.25) is 0 Å². The zero-order valence-corrected chi connectivity index (χ0v) is 16.8. The lowest BCUT2D eigenvalue weighted by Gasteiger charge is -2.28. The maximum atomic E-state index is 13.4. The van der Waals surface area contributed by atoms with Crippen LogP contribution >= 0.6 is 0 Å². The highest BCUT2D eigenvalue weighted by molar-refractivity contribution is 5.95. The molecule has 0 saturated carbocycles. The second-order valence-electron chi connectivity index (χ2n) is 7.66. The molecule has 0 bridgehead atoms. The quantitative estimate of drug-likeness (QED) is 0.656. The standard InChI is InChI=1S/C21H23N5O4/c1-25-11-16(10-22-25)20-23-19(24-30-20)17-5-3-2-4-8-26(17)21(27)14-6-7-18-15(9-14)12-28-13-29-18/h6-7,9-11,17H,2-5,8,12-13H2,1H3. The van der Waals surface area contributed by atoms with Crippen molar-refractivity contribution < 1.29 is 18.8 Å². The van der Waals surface area contributed by atoms with Gasteiger partial charge in [0.05, 0.1) is 24.4 Å². The van der Waals surface area contributed by atoms with Crippen LogP contribution in [0.1, 0.15) is 53.5 Å². The lowest BCUT2D eigenvalue weighted by Crippen LogP contribution is -2.35. The Morgan fingerprint density at radius 2 is 2.17 bits per heavy atom. The Bertz CT molecular complexity index is 1060. The molecule has 1 amide bonds. The Balaban J connectivity index is 1.44. The van der Waals surface area contributed by atoms with E-state index in [4.69, 9.17) is 14.0 Å². The maximum absolute atomic E-state index is 13.4. The van der Waals surface area contributed by atoms with Gasteiger partial charge in [-0.2, -0.15) is 10.1 Å². The molecular weight excluding hydrogens is 386 g/mol. The van der Waals surface area contributed by atoms with Gasteiger partial charge >= 0.3 is 0 Å². The van der Waals surface area contributed by atoms with Gasteiger partial charge in [-0.15, -0.1) is 0 Å². The maximum Gasteiger partial charge on any atom is 0.261 e. The number of aryl methyl sites for hydroxylation is 1. The first-order chi connectivity index (χ1) is 14.7. The molecule has 0 spiro atoms. The molecule has 9 heteroatoms. The molecular formula is C21H23N5O4. The summed E-state index contributed by atoms with van der Waals surface area (Å²) in [6.07, 6.45) is 7.34. The van der Waals surface area contributed by atoms with E-state index in [-0.39, 0.29) is 18.7 Å². The number of benzene rings is 1. The number of likely N-dealkylation sites (tertiary alicyclic amines) is 1. The van der Waals surface area contributed by atoms with E-state index in [2.05, 4.69) is 15.2 Å². The van der Waals surface area contributed by atoms with Crippen LogP contribution in [0.25, 0.3) is 11.5 Å². The number of ether oxygens (including phenoxy) is 2. The second kappa shape index (κ2) is 7.91. The summed E-state index contributed by atoms with van der Waals surface area (Å²) in [5, 5.41) is 8.36. The molecule has 1 unspecified atom stereocenters. The molecule has 0 aliphatic carbocycles. The van der Waals surface area contributed by atoms with Gasteiger partial charge in [-0.25, -0.2) is 0 Å². The molecule has 5 rings (SSSR count). The minimum Gasteiger partial charge on any atom is -0.467 e. The predicted molar refractivity (Wildman–Crippen MR) is 105 cm³/mol. The van der Waals surface area contributed by atoms with Crippen molar-refractivity contribution in [2.75, 3.05) is 13.3 Å². The van der Waals surface area contributed by atoms with Gasteiger partial charge in [-0.3, -0.25) is 9.48 Å². The van der Waals surface area contributed by atoms with E-state index in [1.54, 1.807) is 10.9 Å². The highest BCUT2D eigenvalue weighted by Gasteiger charge is 2.31. The first-order valence-electron chi connectivity index (χ1n) is 10.2. The van der Waals surface area contributed by atoms with Gasteiger partial charge in [0.15, 0.2) is 12.6 Å². The molecule has 9 nitrogen and oxygen atoms in total. The molecule has 1 atom stereocenters. The number of carbonyl (C=O) groups is 1. The van der Waals surface area contributed by atoms with E-state index < -0.39 is 0 Å².